The summed E-state index contributed by atoms with van der Waals surface area (Å²) in [5.41, 5.74) is -0.466. The number of hydrogen-bond donors (Lipinski definition) is 0. The van der Waals surface area contributed by atoms with Crippen LogP contribution < -0.4 is 10.4 Å². The SMILES string of the molecule is C/C=C(\C)C(=O)OC(C)(C)[C@@H]1Oc2ccc3ccc(=O)oc3c2[C@@H]1OC(=O)[C@H](C)CC. The van der Waals surface area contributed by atoms with Crippen LogP contribution in [0.15, 0.2) is 45.1 Å². The summed E-state index contributed by atoms with van der Waals surface area (Å²) in [5.74, 6) is -0.810. The van der Waals surface area contributed by atoms with Gasteiger partial charge in [-0.3, -0.25) is 4.79 Å². The topological polar surface area (TPSA) is 92.0 Å². The fraction of sp³-hybridized carbons (Fsp3) is 0.458. The molecule has 1 aromatic carbocycles. The molecule has 0 unspecified atom stereocenters. The molecule has 0 bridgehead atoms. The molecule has 3 rings (SSSR count). The van der Waals surface area contributed by atoms with Crippen molar-refractivity contribution >= 4 is 22.9 Å². The fourth-order valence-corrected chi connectivity index (χ4v) is 3.39. The van der Waals surface area contributed by atoms with Gasteiger partial charge in [-0.15, -0.1) is 0 Å². The molecule has 0 spiro atoms. The minimum atomic E-state index is -1.15. The van der Waals surface area contributed by atoms with E-state index in [1.807, 2.05) is 6.92 Å². The van der Waals surface area contributed by atoms with Crippen molar-refractivity contribution in [2.24, 2.45) is 5.92 Å². The monoisotopic (exact) mass is 428 g/mol. The summed E-state index contributed by atoms with van der Waals surface area (Å²) < 4.78 is 23.2. The number of hydrogen-bond acceptors (Lipinski definition) is 7. The highest BCUT2D eigenvalue weighted by molar-refractivity contribution is 5.88. The molecule has 3 atom stereocenters. The molecule has 0 N–H and O–H groups in total. The van der Waals surface area contributed by atoms with E-state index in [9.17, 15) is 14.4 Å². The van der Waals surface area contributed by atoms with E-state index in [2.05, 4.69) is 0 Å². The van der Waals surface area contributed by atoms with Crippen molar-refractivity contribution in [1.82, 2.24) is 0 Å². The lowest BCUT2D eigenvalue weighted by molar-refractivity contribution is -0.176. The first-order chi connectivity index (χ1) is 14.6. The highest BCUT2D eigenvalue weighted by atomic mass is 16.6. The Bertz CT molecular complexity index is 1090. The summed E-state index contributed by atoms with van der Waals surface area (Å²) in [6, 6.07) is 6.46. The van der Waals surface area contributed by atoms with Gasteiger partial charge in [-0.1, -0.05) is 19.9 Å². The molecule has 1 aromatic heterocycles. The van der Waals surface area contributed by atoms with Crippen LogP contribution >= 0.6 is 0 Å². The van der Waals surface area contributed by atoms with Crippen molar-refractivity contribution in [3.8, 4) is 5.75 Å². The molecular formula is C24H28O7. The predicted octanol–water partition coefficient (Wildman–Crippen LogP) is 4.47. The smallest absolute Gasteiger partial charge is 0.336 e. The lowest BCUT2D eigenvalue weighted by atomic mass is 9.92. The van der Waals surface area contributed by atoms with E-state index in [1.54, 1.807) is 58.9 Å². The molecule has 0 fully saturated rings. The van der Waals surface area contributed by atoms with Gasteiger partial charge in [-0.2, -0.15) is 0 Å². The molecule has 1 aliphatic heterocycles. The number of carbonyl (C=O) groups excluding carboxylic acids is 2. The van der Waals surface area contributed by atoms with E-state index in [-0.39, 0.29) is 5.92 Å². The lowest BCUT2D eigenvalue weighted by Crippen LogP contribution is -2.47. The zero-order valence-corrected chi connectivity index (χ0v) is 18.7. The Kier molecular flexibility index (Phi) is 6.25. The third kappa shape index (κ3) is 4.36. The number of esters is 2. The summed E-state index contributed by atoms with van der Waals surface area (Å²) in [5, 5.41) is 0.673. The van der Waals surface area contributed by atoms with Crippen LogP contribution in [0, 0.1) is 5.92 Å². The van der Waals surface area contributed by atoms with Crippen LogP contribution in [0.25, 0.3) is 11.0 Å². The van der Waals surface area contributed by atoms with E-state index in [0.717, 1.165) is 0 Å². The minimum Gasteiger partial charge on any atom is -0.481 e. The Balaban J connectivity index is 2.09. The van der Waals surface area contributed by atoms with E-state index >= 15 is 0 Å². The highest BCUT2D eigenvalue weighted by Gasteiger charge is 2.50. The summed E-state index contributed by atoms with van der Waals surface area (Å²) in [4.78, 5) is 37.1. The largest absolute Gasteiger partial charge is 0.481 e. The average molecular weight is 428 g/mol. The normalized spacial score (nSPS) is 19.5. The Labute approximate surface area is 181 Å². The van der Waals surface area contributed by atoms with Crippen molar-refractivity contribution < 1.29 is 28.2 Å². The van der Waals surface area contributed by atoms with Gasteiger partial charge in [0.25, 0.3) is 0 Å². The van der Waals surface area contributed by atoms with E-state index in [1.165, 1.54) is 6.07 Å². The van der Waals surface area contributed by atoms with E-state index in [4.69, 9.17) is 18.6 Å². The Morgan fingerprint density at radius 2 is 1.90 bits per heavy atom. The van der Waals surface area contributed by atoms with Crippen molar-refractivity contribution in [2.45, 2.75) is 65.8 Å². The van der Waals surface area contributed by atoms with Gasteiger partial charge >= 0.3 is 17.6 Å². The molecule has 2 heterocycles. The maximum absolute atomic E-state index is 12.7. The van der Waals surface area contributed by atoms with Gasteiger partial charge in [0, 0.05) is 17.0 Å². The second-order valence-electron chi connectivity index (χ2n) is 8.32. The number of carbonyl (C=O) groups is 2. The van der Waals surface area contributed by atoms with Gasteiger partial charge < -0.3 is 18.6 Å². The maximum Gasteiger partial charge on any atom is 0.336 e. The zero-order chi connectivity index (χ0) is 22.9. The molecule has 7 nitrogen and oxygen atoms in total. The molecule has 31 heavy (non-hydrogen) atoms. The molecule has 0 saturated heterocycles. The quantitative estimate of drug-likeness (QED) is 0.381. The van der Waals surface area contributed by atoms with Crippen molar-refractivity contribution in [1.29, 1.82) is 0 Å². The number of ether oxygens (including phenoxy) is 3. The zero-order valence-electron chi connectivity index (χ0n) is 18.7. The lowest BCUT2D eigenvalue weighted by Gasteiger charge is -2.34. The molecule has 7 heteroatoms. The first-order valence-corrected chi connectivity index (χ1v) is 10.4. The van der Waals surface area contributed by atoms with E-state index in [0.29, 0.717) is 34.3 Å². The standard InChI is InChI=1S/C24H28O7/c1-7-13(3)22(26)30-20-18-16(11-9-15-10-12-17(25)29-19(15)18)28-21(20)24(5,6)31-23(27)14(4)8-2/h8-13,20-21H,7H2,1-6H3/b14-8+/t13-,20+,21-/m1/s1. The predicted molar refractivity (Wildman–Crippen MR) is 115 cm³/mol. The summed E-state index contributed by atoms with van der Waals surface area (Å²) in [6.07, 6.45) is 0.512. The van der Waals surface area contributed by atoms with Gasteiger partial charge in [0.2, 0.25) is 0 Å². The summed E-state index contributed by atoms with van der Waals surface area (Å²) >= 11 is 0. The first kappa shape index (κ1) is 22.6. The van der Waals surface area contributed by atoms with E-state index < -0.39 is 35.4 Å². The van der Waals surface area contributed by atoms with Gasteiger partial charge in [-0.05, 0) is 52.3 Å². The maximum atomic E-state index is 12.7. The second kappa shape index (κ2) is 8.57. The molecular weight excluding hydrogens is 400 g/mol. The molecule has 0 radical (unpaired) electrons. The molecule has 1 aliphatic rings. The van der Waals surface area contributed by atoms with Crippen LogP contribution in [0.5, 0.6) is 5.75 Å². The summed E-state index contributed by atoms with van der Waals surface area (Å²) in [6.45, 7) is 10.5. The van der Waals surface area contributed by atoms with Crippen molar-refractivity contribution in [3.05, 3.63) is 51.9 Å². The van der Waals surface area contributed by atoms with Crippen LogP contribution in [0.1, 0.15) is 59.6 Å². The number of benzene rings is 1. The second-order valence-corrected chi connectivity index (χ2v) is 8.32. The molecule has 2 aromatic rings. The van der Waals surface area contributed by atoms with Crippen LogP contribution in [0.4, 0.5) is 0 Å². The third-order valence-corrected chi connectivity index (χ3v) is 5.66. The van der Waals surface area contributed by atoms with Crippen molar-refractivity contribution in [2.75, 3.05) is 0 Å². The Morgan fingerprint density at radius 1 is 1.23 bits per heavy atom. The number of fused-ring (bicyclic) bond motifs is 3. The minimum absolute atomic E-state index is 0.293. The highest BCUT2D eigenvalue weighted by Crippen LogP contribution is 2.47. The van der Waals surface area contributed by atoms with Crippen LogP contribution in [0.3, 0.4) is 0 Å². The summed E-state index contributed by atoms with van der Waals surface area (Å²) in [7, 11) is 0. The van der Waals surface area contributed by atoms with Gasteiger partial charge in [0.15, 0.2) is 12.2 Å². The van der Waals surface area contributed by atoms with Crippen LogP contribution in [-0.4, -0.2) is 23.6 Å². The van der Waals surface area contributed by atoms with Gasteiger partial charge in [-0.25, -0.2) is 9.59 Å². The Hall–Kier alpha value is -3.09. The van der Waals surface area contributed by atoms with Crippen LogP contribution in [0.2, 0.25) is 0 Å². The molecule has 0 amide bonds. The molecule has 166 valence electrons. The van der Waals surface area contributed by atoms with Crippen molar-refractivity contribution in [3.63, 3.8) is 0 Å². The molecule has 0 saturated carbocycles. The van der Waals surface area contributed by atoms with Gasteiger partial charge in [0.05, 0.1) is 11.5 Å². The average Bonchev–Trinajstić information content (AvgIpc) is 3.11. The number of allylic oxidation sites excluding steroid dienone is 1. The fourth-order valence-electron chi connectivity index (χ4n) is 3.39. The Morgan fingerprint density at radius 3 is 2.55 bits per heavy atom. The first-order valence-electron chi connectivity index (χ1n) is 10.4. The van der Waals surface area contributed by atoms with Crippen LogP contribution in [-0.2, 0) is 19.1 Å². The van der Waals surface area contributed by atoms with Gasteiger partial charge in [0.1, 0.15) is 16.9 Å². The molecule has 0 aliphatic carbocycles. The number of rotatable bonds is 6. The third-order valence-electron chi connectivity index (χ3n) is 5.66.